The van der Waals surface area contributed by atoms with Crippen LogP contribution in [-0.2, 0) is 6.54 Å². The molecule has 2 heterocycles. The number of rotatable bonds is 5. The van der Waals surface area contributed by atoms with Crippen LogP contribution in [-0.4, -0.2) is 15.8 Å². The largest absolute Gasteiger partial charge is 0.352 e. The number of nitrogens with zero attached hydrogens (tertiary/aromatic N) is 2. The van der Waals surface area contributed by atoms with E-state index in [0.717, 1.165) is 10.4 Å². The third-order valence-electron chi connectivity index (χ3n) is 3.58. The normalized spacial score (nSPS) is 10.2. The van der Waals surface area contributed by atoms with E-state index in [1.807, 2.05) is 29.6 Å². The first-order valence-electron chi connectivity index (χ1n) is 7.50. The van der Waals surface area contributed by atoms with E-state index in [-0.39, 0.29) is 17.3 Å². The second-order valence-corrected chi connectivity index (χ2v) is 6.29. The second-order valence-electron chi connectivity index (χ2n) is 5.34. The summed E-state index contributed by atoms with van der Waals surface area (Å²) in [5.41, 5.74) is 1.38. The van der Waals surface area contributed by atoms with Crippen LogP contribution in [0.1, 0.15) is 28.4 Å². The molecule has 1 aromatic carbocycles. The second kappa shape index (κ2) is 7.11. The number of aromatic nitrogens is 2. The Morgan fingerprint density at radius 2 is 2.20 bits per heavy atom. The Kier molecular flexibility index (Phi) is 4.73. The molecule has 0 spiro atoms. The van der Waals surface area contributed by atoms with Crippen LogP contribution in [0.3, 0.4) is 0 Å². The van der Waals surface area contributed by atoms with Crippen LogP contribution in [0.2, 0.25) is 0 Å². The highest BCUT2D eigenvalue weighted by Gasteiger charge is 2.14. The van der Waals surface area contributed by atoms with E-state index >= 15 is 0 Å². The number of thiophene rings is 1. The summed E-state index contributed by atoms with van der Waals surface area (Å²) in [5.74, 6) is 0.271. The maximum atomic E-state index is 12.1. The van der Waals surface area contributed by atoms with Gasteiger partial charge in [0.2, 0.25) is 5.95 Å². The zero-order valence-electron chi connectivity index (χ0n) is 13.4. The van der Waals surface area contributed by atoms with Crippen molar-refractivity contribution in [3.05, 3.63) is 68.8 Å². The number of Topliss-reactive ketones (excluding diaryl/α,β-unsaturated/α-hetero) is 1. The molecule has 124 valence electrons. The highest BCUT2D eigenvalue weighted by atomic mass is 32.1. The first-order chi connectivity index (χ1) is 12.1. The zero-order valence-corrected chi connectivity index (χ0v) is 14.2. The van der Waals surface area contributed by atoms with E-state index in [1.165, 1.54) is 18.3 Å². The molecule has 0 atom stereocenters. The quantitative estimate of drug-likeness (QED) is 0.689. The van der Waals surface area contributed by atoms with E-state index in [4.69, 9.17) is 0 Å². The number of hydrogen-bond donors (Lipinski definition) is 2. The Balaban J connectivity index is 1.89. The molecule has 7 heteroatoms. The Hall–Kier alpha value is -3.24. The molecule has 0 radical (unpaired) electrons. The number of hydrogen-bond acceptors (Lipinski definition) is 6. The fraction of sp³-hybridized carbons (Fsp3) is 0.111. The van der Waals surface area contributed by atoms with Crippen molar-refractivity contribution in [1.29, 1.82) is 5.26 Å². The van der Waals surface area contributed by atoms with Crippen molar-refractivity contribution < 1.29 is 4.79 Å². The molecule has 0 aliphatic carbocycles. The van der Waals surface area contributed by atoms with Gasteiger partial charge in [0.15, 0.2) is 5.78 Å². The molecule has 2 N–H and O–H groups in total. The van der Waals surface area contributed by atoms with Crippen LogP contribution in [0, 0.1) is 11.3 Å². The number of nitriles is 1. The van der Waals surface area contributed by atoms with E-state index in [2.05, 4.69) is 15.3 Å². The fourth-order valence-corrected chi connectivity index (χ4v) is 3.06. The summed E-state index contributed by atoms with van der Waals surface area (Å²) in [6, 6.07) is 12.8. The van der Waals surface area contributed by atoms with Crippen molar-refractivity contribution in [3.8, 4) is 16.6 Å². The highest BCUT2D eigenvalue weighted by molar-refractivity contribution is 7.13. The highest BCUT2D eigenvalue weighted by Crippen LogP contribution is 2.25. The van der Waals surface area contributed by atoms with Gasteiger partial charge in [0, 0.05) is 12.1 Å². The third kappa shape index (κ3) is 3.65. The van der Waals surface area contributed by atoms with Gasteiger partial charge in [-0.25, -0.2) is 4.98 Å². The van der Waals surface area contributed by atoms with Gasteiger partial charge >= 0.3 is 0 Å². The third-order valence-corrected chi connectivity index (χ3v) is 4.46. The van der Waals surface area contributed by atoms with E-state index in [1.54, 1.807) is 18.2 Å². The predicted molar refractivity (Wildman–Crippen MR) is 96.7 cm³/mol. The molecule has 0 bridgehead atoms. The number of H-pyrrole nitrogens is 1. The number of aromatic amines is 1. The summed E-state index contributed by atoms with van der Waals surface area (Å²) in [6.07, 6.45) is 0. The molecule has 6 nitrogen and oxygen atoms in total. The van der Waals surface area contributed by atoms with Crippen molar-refractivity contribution in [1.82, 2.24) is 9.97 Å². The van der Waals surface area contributed by atoms with Gasteiger partial charge in [-0.1, -0.05) is 24.3 Å². The molecule has 3 rings (SSSR count). The van der Waals surface area contributed by atoms with Crippen molar-refractivity contribution in [2.75, 3.05) is 5.32 Å². The van der Waals surface area contributed by atoms with Gasteiger partial charge in [0.05, 0.1) is 4.88 Å². The lowest BCUT2D eigenvalue weighted by Crippen LogP contribution is -2.17. The number of carbonyl (C=O) groups is 1. The summed E-state index contributed by atoms with van der Waals surface area (Å²) in [5, 5.41) is 14.1. The topological polar surface area (TPSA) is 98.6 Å². The summed E-state index contributed by atoms with van der Waals surface area (Å²) in [6.45, 7) is 1.90. The van der Waals surface area contributed by atoms with Gasteiger partial charge < -0.3 is 5.32 Å². The van der Waals surface area contributed by atoms with Gasteiger partial charge in [-0.05, 0) is 30.0 Å². The lowest BCUT2D eigenvalue weighted by atomic mass is 10.1. The molecule has 2 aromatic heterocycles. The predicted octanol–water partition coefficient (Wildman–Crippen LogP) is 3.18. The zero-order chi connectivity index (χ0) is 17.8. The fourth-order valence-electron chi connectivity index (χ4n) is 2.34. The first-order valence-corrected chi connectivity index (χ1v) is 8.38. The summed E-state index contributed by atoms with van der Waals surface area (Å²) in [4.78, 5) is 31.3. The van der Waals surface area contributed by atoms with Crippen LogP contribution >= 0.6 is 11.3 Å². The van der Waals surface area contributed by atoms with Crippen molar-refractivity contribution in [2.24, 2.45) is 0 Å². The van der Waals surface area contributed by atoms with Crippen LogP contribution in [0.5, 0.6) is 0 Å². The summed E-state index contributed by atoms with van der Waals surface area (Å²) in [7, 11) is 0. The summed E-state index contributed by atoms with van der Waals surface area (Å²) < 4.78 is 0. The van der Waals surface area contributed by atoms with Crippen LogP contribution < -0.4 is 10.9 Å². The van der Waals surface area contributed by atoms with Gasteiger partial charge in [0.25, 0.3) is 5.56 Å². The molecule has 0 saturated heterocycles. The van der Waals surface area contributed by atoms with Crippen molar-refractivity contribution in [2.45, 2.75) is 13.5 Å². The van der Waals surface area contributed by atoms with Crippen LogP contribution in [0.15, 0.2) is 46.6 Å². The minimum Gasteiger partial charge on any atom is -0.352 e. The average Bonchev–Trinajstić information content (AvgIpc) is 3.14. The van der Waals surface area contributed by atoms with Crippen molar-refractivity contribution >= 4 is 23.1 Å². The van der Waals surface area contributed by atoms with Crippen LogP contribution in [0.4, 0.5) is 5.95 Å². The lowest BCUT2D eigenvalue weighted by Gasteiger charge is -2.08. The smallest absolute Gasteiger partial charge is 0.270 e. The minimum absolute atomic E-state index is 0.00765. The minimum atomic E-state index is -0.485. The number of benzene rings is 1. The van der Waals surface area contributed by atoms with E-state index < -0.39 is 5.56 Å². The number of ketones is 1. The number of carbonyl (C=O) groups excluding carboxylic acids is 1. The average molecular weight is 350 g/mol. The lowest BCUT2D eigenvalue weighted by molar-refractivity contribution is 0.101. The monoisotopic (exact) mass is 350 g/mol. The molecule has 25 heavy (non-hydrogen) atoms. The Morgan fingerprint density at radius 1 is 1.36 bits per heavy atom. The maximum Gasteiger partial charge on any atom is 0.270 e. The Bertz CT molecular complexity index is 1020. The summed E-state index contributed by atoms with van der Waals surface area (Å²) >= 11 is 1.41. The van der Waals surface area contributed by atoms with Gasteiger partial charge in [-0.3, -0.25) is 14.6 Å². The van der Waals surface area contributed by atoms with E-state index in [9.17, 15) is 14.9 Å². The van der Waals surface area contributed by atoms with Gasteiger partial charge in [-0.2, -0.15) is 5.26 Å². The van der Waals surface area contributed by atoms with Crippen molar-refractivity contribution in [3.63, 3.8) is 0 Å². The van der Waals surface area contributed by atoms with Gasteiger partial charge in [0.1, 0.15) is 17.3 Å². The van der Waals surface area contributed by atoms with E-state index in [0.29, 0.717) is 17.8 Å². The molecular weight excluding hydrogens is 336 g/mol. The molecule has 0 saturated carbocycles. The first kappa shape index (κ1) is 16.6. The molecule has 0 fully saturated rings. The Labute approximate surface area is 147 Å². The molecule has 0 aliphatic rings. The standard InChI is InChI=1S/C18H14N4O2S/c1-11(23)13-5-2-4-12(8-13)10-20-18-21-16(15-6-3-7-25-15)14(9-19)17(24)22-18/h2-8H,10H2,1H3,(H2,20,21,22,24). The molecule has 3 aromatic rings. The molecule has 0 aliphatic heterocycles. The molecular formula is C18H14N4O2S. The number of nitrogens with one attached hydrogen (secondary N) is 2. The molecule has 0 unspecified atom stereocenters. The maximum absolute atomic E-state index is 12.1. The Morgan fingerprint density at radius 3 is 2.88 bits per heavy atom. The SMILES string of the molecule is CC(=O)c1cccc(CNc2nc(-c3cccs3)c(C#N)c(=O)[nH]2)c1. The molecule has 0 amide bonds. The van der Waals surface area contributed by atoms with Gasteiger partial charge in [-0.15, -0.1) is 11.3 Å². The number of anilines is 1. The van der Waals surface area contributed by atoms with Crippen LogP contribution in [0.25, 0.3) is 10.6 Å².